The third-order valence-electron chi connectivity index (χ3n) is 4.60. The Morgan fingerprint density at radius 1 is 1.29 bits per heavy atom. The Morgan fingerprint density at radius 2 is 1.96 bits per heavy atom. The maximum atomic E-state index is 12.1. The molecule has 28 heavy (non-hydrogen) atoms. The molecule has 152 valence electrons. The molecule has 1 atom stereocenters. The predicted octanol–water partition coefficient (Wildman–Crippen LogP) is 1.35. The molecule has 3 rings (SSSR count). The summed E-state index contributed by atoms with van der Waals surface area (Å²) < 4.78 is 24.3. The third-order valence-corrected chi connectivity index (χ3v) is 7.31. The fraction of sp³-hybridized carbons (Fsp3) is 0.500. The maximum Gasteiger partial charge on any atom is 0.230 e. The number of aromatic nitrogens is 3. The van der Waals surface area contributed by atoms with Gasteiger partial charge in [0.05, 0.1) is 17.3 Å². The van der Waals surface area contributed by atoms with E-state index < -0.39 is 9.84 Å². The highest BCUT2D eigenvalue weighted by Gasteiger charge is 2.29. The van der Waals surface area contributed by atoms with E-state index in [0.717, 1.165) is 17.3 Å². The number of carbonyl (C=O) groups excluding carboxylic acids is 1. The van der Waals surface area contributed by atoms with Gasteiger partial charge in [-0.1, -0.05) is 56.8 Å². The van der Waals surface area contributed by atoms with Crippen molar-refractivity contribution in [2.45, 2.75) is 43.8 Å². The molecule has 1 aromatic heterocycles. The second-order valence-corrected chi connectivity index (χ2v) is 11.1. The van der Waals surface area contributed by atoms with E-state index in [1.807, 2.05) is 24.3 Å². The Balaban J connectivity index is 1.61. The van der Waals surface area contributed by atoms with Crippen molar-refractivity contribution in [2.24, 2.45) is 0 Å². The van der Waals surface area contributed by atoms with Gasteiger partial charge in [-0.15, -0.1) is 10.2 Å². The van der Waals surface area contributed by atoms with Gasteiger partial charge < -0.3 is 11.2 Å². The SMILES string of the molecule is CC(C)(C)c1ccc(-c2nnc(SCC(=O)N[C@@H]3CCS(=O)(=O)C3)n2N)cc1. The van der Waals surface area contributed by atoms with Crippen LogP contribution in [0.3, 0.4) is 0 Å². The van der Waals surface area contributed by atoms with Gasteiger partial charge in [0, 0.05) is 11.6 Å². The van der Waals surface area contributed by atoms with Gasteiger partial charge >= 0.3 is 0 Å². The first-order valence-corrected chi connectivity index (χ1v) is 11.8. The molecule has 1 aliphatic rings. The summed E-state index contributed by atoms with van der Waals surface area (Å²) >= 11 is 1.16. The number of thioether (sulfide) groups is 1. The molecule has 0 unspecified atom stereocenters. The van der Waals surface area contributed by atoms with Gasteiger partial charge in [0.2, 0.25) is 11.1 Å². The van der Waals surface area contributed by atoms with Gasteiger partial charge in [0.15, 0.2) is 15.7 Å². The van der Waals surface area contributed by atoms with Crippen molar-refractivity contribution in [1.29, 1.82) is 0 Å². The van der Waals surface area contributed by atoms with E-state index in [9.17, 15) is 13.2 Å². The van der Waals surface area contributed by atoms with E-state index in [4.69, 9.17) is 5.84 Å². The van der Waals surface area contributed by atoms with Crippen LogP contribution in [0.1, 0.15) is 32.8 Å². The number of sulfone groups is 1. The number of hydrogen-bond donors (Lipinski definition) is 2. The van der Waals surface area contributed by atoms with E-state index in [2.05, 4.69) is 36.3 Å². The monoisotopic (exact) mass is 423 g/mol. The Hall–Kier alpha value is -2.07. The zero-order valence-corrected chi connectivity index (χ0v) is 17.8. The lowest BCUT2D eigenvalue weighted by Crippen LogP contribution is -2.36. The van der Waals surface area contributed by atoms with Crippen molar-refractivity contribution in [3.63, 3.8) is 0 Å². The van der Waals surface area contributed by atoms with Gasteiger partial charge in [-0.05, 0) is 17.4 Å². The predicted molar refractivity (Wildman–Crippen MR) is 110 cm³/mol. The standard InChI is InChI=1S/C18H25N5O3S2/c1-18(2,3)13-6-4-12(5-7-13)16-21-22-17(23(16)19)27-10-15(24)20-14-8-9-28(25,26)11-14/h4-7,14H,8-11,19H2,1-3H3,(H,20,24)/t14-/m1/s1. The summed E-state index contributed by atoms with van der Waals surface area (Å²) in [5, 5.41) is 11.4. The number of nitrogen functional groups attached to an aromatic ring is 1. The van der Waals surface area contributed by atoms with E-state index in [1.54, 1.807) is 0 Å². The number of carbonyl (C=O) groups is 1. The minimum atomic E-state index is -3.02. The summed E-state index contributed by atoms with van der Waals surface area (Å²) in [5.41, 5.74) is 2.11. The van der Waals surface area contributed by atoms with E-state index in [1.165, 1.54) is 10.2 Å². The lowest BCUT2D eigenvalue weighted by atomic mass is 9.87. The summed E-state index contributed by atoms with van der Waals surface area (Å²) in [6, 6.07) is 7.68. The number of benzene rings is 1. The third kappa shape index (κ3) is 4.85. The topological polar surface area (TPSA) is 120 Å². The average Bonchev–Trinajstić information content (AvgIpc) is 3.14. The second-order valence-electron chi connectivity index (χ2n) is 7.96. The molecule has 0 spiro atoms. The Kier molecular flexibility index (Phi) is 5.72. The number of amides is 1. The Labute approximate surface area is 169 Å². The molecule has 1 aromatic carbocycles. The highest BCUT2D eigenvalue weighted by atomic mass is 32.2. The number of hydrogen-bond acceptors (Lipinski definition) is 7. The van der Waals surface area contributed by atoms with Crippen LogP contribution in [0.2, 0.25) is 0 Å². The van der Waals surface area contributed by atoms with Gasteiger partial charge in [0.25, 0.3) is 0 Å². The van der Waals surface area contributed by atoms with Crippen LogP contribution in [-0.4, -0.2) is 52.5 Å². The Bertz CT molecular complexity index is 962. The van der Waals surface area contributed by atoms with Crippen molar-refractivity contribution in [1.82, 2.24) is 20.2 Å². The van der Waals surface area contributed by atoms with Gasteiger partial charge in [-0.2, -0.15) is 0 Å². The highest BCUT2D eigenvalue weighted by molar-refractivity contribution is 7.99. The quantitative estimate of drug-likeness (QED) is 0.550. The summed E-state index contributed by atoms with van der Waals surface area (Å²) in [7, 11) is -3.02. The number of nitrogens with one attached hydrogen (secondary N) is 1. The normalized spacial score (nSPS) is 18.9. The average molecular weight is 424 g/mol. The first-order chi connectivity index (χ1) is 13.0. The van der Waals surface area contributed by atoms with Crippen LogP contribution >= 0.6 is 11.8 Å². The molecule has 0 bridgehead atoms. The highest BCUT2D eigenvalue weighted by Crippen LogP contribution is 2.26. The zero-order chi connectivity index (χ0) is 20.5. The molecule has 0 radical (unpaired) electrons. The van der Waals surface area contributed by atoms with Crippen molar-refractivity contribution < 1.29 is 13.2 Å². The summed E-state index contributed by atoms with van der Waals surface area (Å²) in [6.45, 7) is 6.44. The van der Waals surface area contributed by atoms with Crippen LogP contribution in [0.4, 0.5) is 0 Å². The molecule has 1 saturated heterocycles. The molecular weight excluding hydrogens is 398 g/mol. The first-order valence-electron chi connectivity index (χ1n) is 8.99. The summed E-state index contributed by atoms with van der Waals surface area (Å²) in [4.78, 5) is 12.1. The number of nitrogens with zero attached hydrogens (tertiary/aromatic N) is 3. The zero-order valence-electron chi connectivity index (χ0n) is 16.2. The number of rotatable bonds is 5. The van der Waals surface area contributed by atoms with Gasteiger partial charge in [-0.3, -0.25) is 4.79 Å². The van der Waals surface area contributed by atoms with Crippen LogP contribution < -0.4 is 11.2 Å². The molecule has 10 heteroatoms. The van der Waals surface area contributed by atoms with E-state index >= 15 is 0 Å². The fourth-order valence-corrected chi connectivity index (χ4v) is 5.34. The minimum Gasteiger partial charge on any atom is -0.352 e. The van der Waals surface area contributed by atoms with Crippen LogP contribution in [0, 0.1) is 0 Å². The lowest BCUT2D eigenvalue weighted by Gasteiger charge is -2.19. The summed E-state index contributed by atoms with van der Waals surface area (Å²) in [5.74, 6) is 6.60. The largest absolute Gasteiger partial charge is 0.352 e. The van der Waals surface area contributed by atoms with Crippen molar-refractivity contribution in [2.75, 3.05) is 23.1 Å². The van der Waals surface area contributed by atoms with Crippen LogP contribution in [0.25, 0.3) is 11.4 Å². The smallest absolute Gasteiger partial charge is 0.230 e. The molecule has 0 aliphatic carbocycles. The van der Waals surface area contributed by atoms with Crippen molar-refractivity contribution in [3.8, 4) is 11.4 Å². The van der Waals surface area contributed by atoms with Crippen LogP contribution in [0.5, 0.6) is 0 Å². The van der Waals surface area contributed by atoms with Crippen molar-refractivity contribution in [3.05, 3.63) is 29.8 Å². The van der Waals surface area contributed by atoms with Crippen LogP contribution in [-0.2, 0) is 20.0 Å². The maximum absolute atomic E-state index is 12.1. The summed E-state index contributed by atoms with van der Waals surface area (Å²) in [6.07, 6.45) is 0.459. The first kappa shape index (κ1) is 20.7. The molecule has 1 aliphatic heterocycles. The molecule has 1 amide bonds. The molecule has 8 nitrogen and oxygen atoms in total. The van der Waals surface area contributed by atoms with Gasteiger partial charge in [-0.25, -0.2) is 13.1 Å². The molecule has 2 aromatic rings. The van der Waals surface area contributed by atoms with Gasteiger partial charge in [0.1, 0.15) is 0 Å². The van der Waals surface area contributed by atoms with Crippen molar-refractivity contribution >= 4 is 27.5 Å². The van der Waals surface area contributed by atoms with E-state index in [-0.39, 0.29) is 34.6 Å². The van der Waals surface area contributed by atoms with Crippen LogP contribution in [0.15, 0.2) is 29.4 Å². The van der Waals surface area contributed by atoms with E-state index in [0.29, 0.717) is 17.4 Å². The molecule has 1 fully saturated rings. The lowest BCUT2D eigenvalue weighted by molar-refractivity contribution is -0.119. The second kappa shape index (κ2) is 7.75. The minimum absolute atomic E-state index is 0.00515. The Morgan fingerprint density at radius 3 is 2.54 bits per heavy atom. The number of nitrogens with two attached hydrogens (primary N) is 1. The fourth-order valence-electron chi connectivity index (χ4n) is 3.00. The molecule has 3 N–H and O–H groups in total. The molecule has 2 heterocycles. The molecule has 0 saturated carbocycles. The molecular formula is C18H25N5O3S2.